The van der Waals surface area contributed by atoms with E-state index in [0.29, 0.717) is 5.75 Å². The summed E-state index contributed by atoms with van der Waals surface area (Å²) in [4.78, 5) is 11.5. The molecule has 4 rings (SSSR count). The molecule has 2 aromatic carbocycles. The number of rotatable bonds is 5. The van der Waals surface area contributed by atoms with Crippen molar-refractivity contribution in [3.05, 3.63) is 59.7 Å². The summed E-state index contributed by atoms with van der Waals surface area (Å²) >= 11 is 0. The lowest BCUT2D eigenvalue weighted by molar-refractivity contribution is 0.0342. The fourth-order valence-corrected chi connectivity index (χ4v) is 4.26. The van der Waals surface area contributed by atoms with Gasteiger partial charge in [-0.25, -0.2) is 0 Å². The summed E-state index contributed by atoms with van der Waals surface area (Å²) in [5.74, 6) is 1.27. The Hall–Kier alpha value is -2.77. The molecule has 2 fully saturated rings. The summed E-state index contributed by atoms with van der Waals surface area (Å²) in [6.45, 7) is 8.83. The van der Waals surface area contributed by atoms with Crippen LogP contribution in [0, 0.1) is 0 Å². The molecule has 7 nitrogen and oxygen atoms in total. The molecule has 7 heteroatoms. The van der Waals surface area contributed by atoms with Crippen molar-refractivity contribution in [2.45, 2.75) is 13.1 Å². The summed E-state index contributed by atoms with van der Waals surface area (Å²) in [6.07, 6.45) is 0. The minimum Gasteiger partial charge on any atom is -0.506 e. The van der Waals surface area contributed by atoms with Crippen LogP contribution >= 0.6 is 0 Å². The summed E-state index contributed by atoms with van der Waals surface area (Å²) in [6, 6.07) is 16.3. The number of nitrogens with one attached hydrogen (secondary N) is 1. The van der Waals surface area contributed by atoms with Crippen molar-refractivity contribution in [1.29, 1.82) is 0 Å². The molecule has 2 aliphatic heterocycles. The second kappa shape index (κ2) is 10.5. The van der Waals surface area contributed by atoms with E-state index in [9.17, 15) is 5.11 Å². The van der Waals surface area contributed by atoms with Crippen LogP contribution in [-0.4, -0.2) is 80.4 Å². The molecule has 0 saturated carbocycles. The predicted octanol–water partition coefficient (Wildman–Crippen LogP) is 2.12. The van der Waals surface area contributed by atoms with Crippen LogP contribution in [0.15, 0.2) is 53.5 Å². The first-order valence-electron chi connectivity index (χ1n) is 11.1. The Balaban J connectivity index is 1.29. The number of hydrogen-bond donors (Lipinski definition) is 2. The Kier molecular flexibility index (Phi) is 7.27. The Bertz CT molecular complexity index is 874. The Morgan fingerprint density at radius 1 is 0.968 bits per heavy atom. The summed E-state index contributed by atoms with van der Waals surface area (Å²) in [5, 5.41) is 13.6. The Morgan fingerprint density at radius 2 is 1.71 bits per heavy atom. The number of ether oxygens (including phenoxy) is 1. The second-order valence-electron chi connectivity index (χ2n) is 8.07. The van der Waals surface area contributed by atoms with Crippen molar-refractivity contribution in [2.75, 3.05) is 64.4 Å². The van der Waals surface area contributed by atoms with Gasteiger partial charge in [0.05, 0.1) is 18.9 Å². The SMILES string of the molecule is CN=C(NCc1cccc(CN2CCOCC2)c1)N1CCN(c2ccccc2O)CC1. The van der Waals surface area contributed by atoms with E-state index in [1.807, 2.05) is 25.2 Å². The van der Waals surface area contributed by atoms with Gasteiger partial charge in [0, 0.05) is 59.4 Å². The minimum atomic E-state index is 0.343. The first-order valence-corrected chi connectivity index (χ1v) is 11.1. The Morgan fingerprint density at radius 3 is 2.45 bits per heavy atom. The van der Waals surface area contributed by atoms with Gasteiger partial charge in [-0.2, -0.15) is 0 Å². The molecule has 0 unspecified atom stereocenters. The van der Waals surface area contributed by atoms with Crippen LogP contribution in [0.4, 0.5) is 5.69 Å². The number of anilines is 1. The maximum atomic E-state index is 10.1. The average Bonchev–Trinajstić information content (AvgIpc) is 2.81. The topological polar surface area (TPSA) is 63.6 Å². The highest BCUT2D eigenvalue weighted by atomic mass is 16.5. The monoisotopic (exact) mass is 423 g/mol. The van der Waals surface area contributed by atoms with Crippen molar-refractivity contribution >= 4 is 11.6 Å². The highest BCUT2D eigenvalue weighted by Gasteiger charge is 2.21. The predicted molar refractivity (Wildman–Crippen MR) is 125 cm³/mol. The van der Waals surface area contributed by atoms with Crippen molar-refractivity contribution in [1.82, 2.24) is 15.1 Å². The number of piperazine rings is 1. The molecule has 31 heavy (non-hydrogen) atoms. The van der Waals surface area contributed by atoms with E-state index in [1.165, 1.54) is 11.1 Å². The zero-order valence-electron chi connectivity index (χ0n) is 18.3. The van der Waals surface area contributed by atoms with Gasteiger partial charge in [0.1, 0.15) is 5.75 Å². The number of benzene rings is 2. The van der Waals surface area contributed by atoms with Crippen LogP contribution in [0.25, 0.3) is 0 Å². The molecule has 0 aromatic heterocycles. The summed E-state index contributed by atoms with van der Waals surface area (Å²) < 4.78 is 5.45. The standard InChI is InChI=1S/C24H33N5O2/c1-25-24(29-11-9-28(10-12-29)22-7-2-3-8-23(22)30)26-18-20-5-4-6-21(17-20)19-27-13-15-31-16-14-27/h2-8,17,30H,9-16,18-19H2,1H3,(H,25,26). The van der Waals surface area contributed by atoms with Gasteiger partial charge in [-0.15, -0.1) is 0 Å². The van der Waals surface area contributed by atoms with E-state index < -0.39 is 0 Å². The van der Waals surface area contributed by atoms with E-state index in [4.69, 9.17) is 4.74 Å². The molecule has 2 aromatic rings. The van der Waals surface area contributed by atoms with E-state index in [-0.39, 0.29) is 0 Å². The highest BCUT2D eigenvalue weighted by molar-refractivity contribution is 5.80. The number of para-hydroxylation sites is 2. The molecule has 166 valence electrons. The van der Waals surface area contributed by atoms with Crippen molar-refractivity contribution in [3.63, 3.8) is 0 Å². The van der Waals surface area contributed by atoms with Gasteiger partial charge in [-0.3, -0.25) is 9.89 Å². The molecule has 0 bridgehead atoms. The zero-order valence-corrected chi connectivity index (χ0v) is 18.3. The number of phenolic OH excluding ortho intramolecular Hbond substituents is 1. The quantitative estimate of drug-likeness (QED) is 0.568. The van der Waals surface area contributed by atoms with Gasteiger partial charge in [-0.05, 0) is 23.3 Å². The van der Waals surface area contributed by atoms with Crippen LogP contribution in [0.5, 0.6) is 5.75 Å². The molecule has 0 atom stereocenters. The van der Waals surface area contributed by atoms with E-state index >= 15 is 0 Å². The molecule has 0 radical (unpaired) electrons. The largest absolute Gasteiger partial charge is 0.506 e. The number of phenols is 1. The van der Waals surface area contributed by atoms with Crippen LogP contribution in [-0.2, 0) is 17.8 Å². The third-order valence-electron chi connectivity index (χ3n) is 5.97. The van der Waals surface area contributed by atoms with E-state index in [0.717, 1.165) is 77.2 Å². The second-order valence-corrected chi connectivity index (χ2v) is 8.07. The zero-order chi connectivity index (χ0) is 21.5. The molecular weight excluding hydrogens is 390 g/mol. The van der Waals surface area contributed by atoms with Gasteiger partial charge in [-0.1, -0.05) is 36.4 Å². The van der Waals surface area contributed by atoms with Crippen molar-refractivity contribution in [2.24, 2.45) is 4.99 Å². The smallest absolute Gasteiger partial charge is 0.194 e. The number of hydrogen-bond acceptors (Lipinski definition) is 5. The van der Waals surface area contributed by atoms with Gasteiger partial charge in [0.2, 0.25) is 0 Å². The van der Waals surface area contributed by atoms with Crippen LogP contribution in [0.3, 0.4) is 0 Å². The van der Waals surface area contributed by atoms with Gasteiger partial charge < -0.3 is 25.0 Å². The fourth-order valence-electron chi connectivity index (χ4n) is 4.26. The number of nitrogens with zero attached hydrogens (tertiary/aromatic N) is 4. The van der Waals surface area contributed by atoms with E-state index in [1.54, 1.807) is 6.07 Å². The van der Waals surface area contributed by atoms with Crippen molar-refractivity contribution < 1.29 is 9.84 Å². The molecular formula is C24H33N5O2. The van der Waals surface area contributed by atoms with Crippen LogP contribution in [0.1, 0.15) is 11.1 Å². The number of aromatic hydroxyl groups is 1. The van der Waals surface area contributed by atoms with Crippen molar-refractivity contribution in [3.8, 4) is 5.75 Å². The number of aliphatic imine (C=N–C) groups is 1. The van der Waals surface area contributed by atoms with Gasteiger partial charge in [0.25, 0.3) is 0 Å². The van der Waals surface area contributed by atoms with E-state index in [2.05, 4.69) is 49.3 Å². The minimum absolute atomic E-state index is 0.343. The van der Waals surface area contributed by atoms with Gasteiger partial charge >= 0.3 is 0 Å². The molecule has 2 heterocycles. The molecule has 0 spiro atoms. The van der Waals surface area contributed by atoms with Crippen LogP contribution < -0.4 is 10.2 Å². The maximum Gasteiger partial charge on any atom is 0.194 e. The normalized spacial score (nSPS) is 18.3. The number of guanidine groups is 1. The summed E-state index contributed by atoms with van der Waals surface area (Å²) in [5.41, 5.74) is 3.51. The molecule has 0 aliphatic carbocycles. The molecule has 2 N–H and O–H groups in total. The first kappa shape index (κ1) is 21.5. The highest BCUT2D eigenvalue weighted by Crippen LogP contribution is 2.27. The Labute approximate surface area is 184 Å². The lowest BCUT2D eigenvalue weighted by atomic mass is 10.1. The lowest BCUT2D eigenvalue weighted by Gasteiger charge is -2.37. The summed E-state index contributed by atoms with van der Waals surface area (Å²) in [7, 11) is 1.84. The fraction of sp³-hybridized carbons (Fsp3) is 0.458. The third kappa shape index (κ3) is 5.68. The first-order chi connectivity index (χ1) is 15.2. The molecule has 0 amide bonds. The maximum absolute atomic E-state index is 10.1. The van der Waals surface area contributed by atoms with Crippen LogP contribution in [0.2, 0.25) is 0 Å². The average molecular weight is 424 g/mol. The molecule has 2 saturated heterocycles. The molecule has 2 aliphatic rings. The third-order valence-corrected chi connectivity index (χ3v) is 5.97. The number of morpholine rings is 1. The lowest BCUT2D eigenvalue weighted by Crippen LogP contribution is -2.52. The van der Waals surface area contributed by atoms with Gasteiger partial charge in [0.15, 0.2) is 5.96 Å².